The Labute approximate surface area is 181 Å². The lowest BCUT2D eigenvalue weighted by Crippen LogP contribution is -2.46. The minimum absolute atomic E-state index is 0.0785. The molecule has 0 saturated carbocycles. The first kappa shape index (κ1) is 20.9. The van der Waals surface area contributed by atoms with Crippen LogP contribution in [0.2, 0.25) is 0 Å². The molecule has 1 N–H and O–H groups in total. The third-order valence-corrected chi connectivity index (χ3v) is 4.66. The van der Waals surface area contributed by atoms with Gasteiger partial charge in [-0.25, -0.2) is 9.18 Å². The molecule has 0 spiro atoms. The quantitative estimate of drug-likeness (QED) is 0.503. The molecule has 2 aromatic carbocycles. The number of carbonyl (C=O) groups is 1. The van der Waals surface area contributed by atoms with Gasteiger partial charge in [-0.2, -0.15) is 9.78 Å². The van der Waals surface area contributed by atoms with Gasteiger partial charge in [-0.1, -0.05) is 36.4 Å². The smallest absolute Gasteiger partial charge is 0.345 e. The number of pyridine rings is 1. The van der Waals surface area contributed by atoms with Gasteiger partial charge < -0.3 is 5.32 Å². The normalized spacial score (nSPS) is 10.7. The van der Waals surface area contributed by atoms with Crippen LogP contribution in [-0.2, 0) is 13.1 Å². The topological polar surface area (TPSA) is 98.9 Å². The summed E-state index contributed by atoms with van der Waals surface area (Å²) >= 11 is 0. The van der Waals surface area contributed by atoms with Crippen molar-refractivity contribution < 1.29 is 9.18 Å². The average molecular weight is 431 g/mol. The summed E-state index contributed by atoms with van der Waals surface area (Å²) in [5, 5.41) is 6.64. The van der Waals surface area contributed by atoms with Gasteiger partial charge in [-0.05, 0) is 42.0 Å². The van der Waals surface area contributed by atoms with E-state index >= 15 is 0 Å². The standard InChI is InChI=1S/C23H18FN5O3/c24-17-8-6-7-16(13-17)15-28-22(31)20(21(30)26-14-18-9-4-5-12-25-18)27-29(23(28)32)19-10-2-1-3-11-19/h1-13H,14-15H2,(H,26,30). The molecule has 0 atom stereocenters. The zero-order valence-corrected chi connectivity index (χ0v) is 16.8. The van der Waals surface area contributed by atoms with E-state index in [0.717, 1.165) is 9.25 Å². The Hall–Kier alpha value is -4.40. The van der Waals surface area contributed by atoms with Crippen molar-refractivity contribution in [3.8, 4) is 5.69 Å². The van der Waals surface area contributed by atoms with E-state index in [0.29, 0.717) is 16.9 Å². The van der Waals surface area contributed by atoms with Crippen LogP contribution >= 0.6 is 0 Å². The SMILES string of the molecule is O=C(NCc1ccccn1)c1nn(-c2ccccc2)c(=O)n(Cc2cccc(F)c2)c1=O. The summed E-state index contributed by atoms with van der Waals surface area (Å²) in [6.07, 6.45) is 1.58. The maximum Gasteiger partial charge on any atom is 0.352 e. The van der Waals surface area contributed by atoms with Crippen molar-refractivity contribution in [2.45, 2.75) is 13.1 Å². The second-order valence-electron chi connectivity index (χ2n) is 6.90. The lowest BCUT2D eigenvalue weighted by atomic mass is 10.2. The van der Waals surface area contributed by atoms with E-state index in [1.165, 1.54) is 18.2 Å². The molecule has 0 bridgehead atoms. The van der Waals surface area contributed by atoms with Crippen LogP contribution in [0.15, 0.2) is 88.6 Å². The first-order valence-corrected chi connectivity index (χ1v) is 9.75. The molecule has 4 rings (SSSR count). The number of benzene rings is 2. The molecule has 0 radical (unpaired) electrons. The van der Waals surface area contributed by atoms with Crippen LogP contribution in [0.25, 0.3) is 5.69 Å². The van der Waals surface area contributed by atoms with Gasteiger partial charge in [0.1, 0.15) is 5.82 Å². The highest BCUT2D eigenvalue weighted by Crippen LogP contribution is 2.06. The van der Waals surface area contributed by atoms with Crippen LogP contribution in [0, 0.1) is 5.82 Å². The number of nitrogens with one attached hydrogen (secondary N) is 1. The first-order valence-electron chi connectivity index (χ1n) is 9.75. The summed E-state index contributed by atoms with van der Waals surface area (Å²) in [6.45, 7) is -0.138. The Morgan fingerprint density at radius 1 is 0.969 bits per heavy atom. The zero-order valence-electron chi connectivity index (χ0n) is 16.8. The summed E-state index contributed by atoms with van der Waals surface area (Å²) < 4.78 is 15.5. The fraction of sp³-hybridized carbons (Fsp3) is 0.0870. The third-order valence-electron chi connectivity index (χ3n) is 4.66. The van der Waals surface area contributed by atoms with Gasteiger partial charge in [0.2, 0.25) is 5.69 Å². The van der Waals surface area contributed by atoms with Crippen molar-refractivity contribution >= 4 is 5.91 Å². The summed E-state index contributed by atoms with van der Waals surface area (Å²) in [6, 6.07) is 19.2. The lowest BCUT2D eigenvalue weighted by Gasteiger charge is -2.12. The molecule has 0 aliphatic heterocycles. The van der Waals surface area contributed by atoms with Crippen LogP contribution in [0.4, 0.5) is 4.39 Å². The van der Waals surface area contributed by atoms with E-state index < -0.39 is 28.7 Å². The Morgan fingerprint density at radius 3 is 2.47 bits per heavy atom. The van der Waals surface area contributed by atoms with Crippen molar-refractivity contribution in [1.82, 2.24) is 24.6 Å². The molecular formula is C23H18FN5O3. The fourth-order valence-corrected chi connectivity index (χ4v) is 3.11. The number of hydrogen-bond acceptors (Lipinski definition) is 5. The highest BCUT2D eigenvalue weighted by Gasteiger charge is 2.20. The van der Waals surface area contributed by atoms with Gasteiger partial charge in [0, 0.05) is 6.20 Å². The highest BCUT2D eigenvalue weighted by molar-refractivity contribution is 5.91. The Kier molecular flexibility index (Phi) is 5.98. The molecule has 4 aromatic rings. The minimum atomic E-state index is -0.870. The molecule has 0 fully saturated rings. The molecule has 1 amide bonds. The number of para-hydroxylation sites is 1. The van der Waals surface area contributed by atoms with Crippen molar-refractivity contribution in [2.75, 3.05) is 0 Å². The van der Waals surface area contributed by atoms with Crippen molar-refractivity contribution in [3.05, 3.63) is 123 Å². The van der Waals surface area contributed by atoms with Gasteiger partial charge in [0.25, 0.3) is 11.5 Å². The molecule has 0 aliphatic rings. The van der Waals surface area contributed by atoms with Crippen molar-refractivity contribution in [2.24, 2.45) is 0 Å². The Balaban J connectivity index is 1.77. The molecule has 32 heavy (non-hydrogen) atoms. The highest BCUT2D eigenvalue weighted by atomic mass is 19.1. The number of amides is 1. The first-order chi connectivity index (χ1) is 15.5. The van der Waals surface area contributed by atoms with Crippen LogP contribution in [-0.4, -0.2) is 25.2 Å². The van der Waals surface area contributed by atoms with E-state index in [1.54, 1.807) is 60.8 Å². The summed E-state index contributed by atoms with van der Waals surface area (Å²) in [5.74, 6) is -1.25. The van der Waals surface area contributed by atoms with Gasteiger partial charge in [-0.15, -0.1) is 0 Å². The van der Waals surface area contributed by atoms with E-state index in [4.69, 9.17) is 0 Å². The summed E-state index contributed by atoms with van der Waals surface area (Å²) in [7, 11) is 0. The van der Waals surface area contributed by atoms with E-state index in [-0.39, 0.29) is 13.1 Å². The van der Waals surface area contributed by atoms with Crippen molar-refractivity contribution in [3.63, 3.8) is 0 Å². The molecule has 2 aromatic heterocycles. The molecule has 0 saturated heterocycles. The number of hydrogen-bond donors (Lipinski definition) is 1. The lowest BCUT2D eigenvalue weighted by molar-refractivity contribution is 0.0940. The molecule has 2 heterocycles. The van der Waals surface area contributed by atoms with Crippen LogP contribution in [0.5, 0.6) is 0 Å². The maximum absolute atomic E-state index is 13.6. The second-order valence-corrected chi connectivity index (χ2v) is 6.90. The fourth-order valence-electron chi connectivity index (χ4n) is 3.11. The monoisotopic (exact) mass is 431 g/mol. The number of halogens is 1. The number of aromatic nitrogens is 4. The number of rotatable bonds is 6. The summed E-state index contributed by atoms with van der Waals surface area (Å²) in [5.41, 5.74) is -0.700. The maximum atomic E-state index is 13.6. The van der Waals surface area contributed by atoms with Gasteiger partial charge in [-0.3, -0.25) is 19.1 Å². The molecule has 0 unspecified atom stereocenters. The van der Waals surface area contributed by atoms with E-state index in [9.17, 15) is 18.8 Å². The molecule has 160 valence electrons. The minimum Gasteiger partial charge on any atom is -0.345 e. The Bertz CT molecular complexity index is 1370. The largest absolute Gasteiger partial charge is 0.352 e. The molecular weight excluding hydrogens is 413 g/mol. The molecule has 9 heteroatoms. The third kappa shape index (κ3) is 4.51. The predicted octanol–water partition coefficient (Wildman–Crippen LogP) is 1.91. The summed E-state index contributed by atoms with van der Waals surface area (Å²) in [4.78, 5) is 43.0. The van der Waals surface area contributed by atoms with Gasteiger partial charge >= 0.3 is 5.69 Å². The van der Waals surface area contributed by atoms with Crippen LogP contribution in [0.3, 0.4) is 0 Å². The van der Waals surface area contributed by atoms with E-state index in [1.807, 2.05) is 0 Å². The zero-order chi connectivity index (χ0) is 22.5. The molecule has 0 aliphatic carbocycles. The predicted molar refractivity (Wildman–Crippen MR) is 115 cm³/mol. The van der Waals surface area contributed by atoms with Crippen LogP contribution in [0.1, 0.15) is 21.7 Å². The van der Waals surface area contributed by atoms with Crippen LogP contribution < -0.4 is 16.6 Å². The van der Waals surface area contributed by atoms with Gasteiger partial charge in [0.15, 0.2) is 0 Å². The Morgan fingerprint density at radius 2 is 1.75 bits per heavy atom. The van der Waals surface area contributed by atoms with Gasteiger partial charge in [0.05, 0.1) is 24.5 Å². The van der Waals surface area contributed by atoms with E-state index in [2.05, 4.69) is 15.4 Å². The van der Waals surface area contributed by atoms with Crippen molar-refractivity contribution in [1.29, 1.82) is 0 Å². The second kappa shape index (κ2) is 9.17. The average Bonchev–Trinajstić information content (AvgIpc) is 2.81. The number of carbonyl (C=O) groups excluding carboxylic acids is 1. The molecule has 8 nitrogen and oxygen atoms in total. The number of nitrogens with zero attached hydrogens (tertiary/aromatic N) is 4.